The zero-order valence-corrected chi connectivity index (χ0v) is 16.4. The molecule has 8 nitrogen and oxygen atoms in total. The smallest absolute Gasteiger partial charge is 0.325 e. The van der Waals surface area contributed by atoms with Crippen LogP contribution in [0, 0.1) is 0 Å². The van der Waals surface area contributed by atoms with Crippen LogP contribution in [0.5, 0.6) is 11.5 Å². The molecule has 0 aromatic heterocycles. The SMILES string of the molecule is CCOc1ccc(C(=O)NCC(=O)OCC(=O)N(CC)CC)cc1OCC. The number of likely N-dealkylation sites (N-methyl/N-ethyl adjacent to an activating group) is 1. The van der Waals surface area contributed by atoms with Crippen molar-refractivity contribution in [1.29, 1.82) is 0 Å². The number of rotatable bonds is 11. The predicted octanol–water partition coefficient (Wildman–Crippen LogP) is 1.63. The summed E-state index contributed by atoms with van der Waals surface area (Å²) in [6.45, 7) is 8.70. The molecule has 0 atom stereocenters. The number of benzene rings is 1. The number of ether oxygens (including phenoxy) is 3. The first-order chi connectivity index (χ1) is 13.0. The number of nitrogens with one attached hydrogen (secondary N) is 1. The minimum atomic E-state index is -0.681. The molecule has 0 saturated heterocycles. The first kappa shape index (κ1) is 22.3. The Morgan fingerprint density at radius 1 is 0.963 bits per heavy atom. The lowest BCUT2D eigenvalue weighted by Gasteiger charge is -2.18. The molecule has 0 unspecified atom stereocenters. The van der Waals surface area contributed by atoms with E-state index in [4.69, 9.17) is 14.2 Å². The van der Waals surface area contributed by atoms with E-state index in [0.717, 1.165) is 0 Å². The molecule has 1 N–H and O–H groups in total. The molecule has 150 valence electrons. The molecule has 2 amide bonds. The third kappa shape index (κ3) is 7.16. The minimum Gasteiger partial charge on any atom is -0.490 e. The van der Waals surface area contributed by atoms with Crippen LogP contribution in [-0.2, 0) is 14.3 Å². The van der Waals surface area contributed by atoms with Crippen molar-refractivity contribution in [3.05, 3.63) is 23.8 Å². The zero-order chi connectivity index (χ0) is 20.2. The number of nitrogens with zero attached hydrogens (tertiary/aromatic N) is 1. The van der Waals surface area contributed by atoms with Crippen LogP contribution in [-0.4, -0.2) is 62.1 Å². The molecule has 1 aromatic carbocycles. The maximum atomic E-state index is 12.2. The van der Waals surface area contributed by atoms with Crippen molar-refractivity contribution in [2.75, 3.05) is 39.5 Å². The van der Waals surface area contributed by atoms with Crippen LogP contribution in [0.1, 0.15) is 38.1 Å². The molecule has 0 fully saturated rings. The van der Waals surface area contributed by atoms with Gasteiger partial charge in [-0.3, -0.25) is 14.4 Å². The Hall–Kier alpha value is -2.77. The van der Waals surface area contributed by atoms with Crippen LogP contribution in [0.3, 0.4) is 0 Å². The summed E-state index contributed by atoms with van der Waals surface area (Å²) in [6, 6.07) is 4.78. The number of hydrogen-bond acceptors (Lipinski definition) is 6. The van der Waals surface area contributed by atoms with Gasteiger partial charge in [0.2, 0.25) is 0 Å². The molecular formula is C19H28N2O6. The Morgan fingerprint density at radius 2 is 1.59 bits per heavy atom. The van der Waals surface area contributed by atoms with Crippen LogP contribution in [0.4, 0.5) is 0 Å². The number of carbonyl (C=O) groups is 3. The standard InChI is InChI=1S/C19H28N2O6/c1-5-21(6-2)17(22)13-27-18(23)12-20-19(24)14-9-10-15(25-7-3)16(11-14)26-8-4/h9-11H,5-8,12-13H2,1-4H3,(H,20,24). The molecular weight excluding hydrogens is 352 g/mol. The van der Waals surface area contributed by atoms with Crippen LogP contribution in [0.2, 0.25) is 0 Å². The molecule has 0 heterocycles. The van der Waals surface area contributed by atoms with Crippen molar-refractivity contribution in [3.8, 4) is 11.5 Å². The number of carbonyl (C=O) groups excluding carboxylic acids is 3. The van der Waals surface area contributed by atoms with E-state index in [2.05, 4.69) is 5.32 Å². The van der Waals surface area contributed by atoms with E-state index in [1.54, 1.807) is 23.1 Å². The summed E-state index contributed by atoms with van der Waals surface area (Å²) < 4.78 is 15.8. The second kappa shape index (κ2) is 11.8. The number of esters is 1. The van der Waals surface area contributed by atoms with Gasteiger partial charge in [0.1, 0.15) is 6.54 Å². The van der Waals surface area contributed by atoms with E-state index in [0.29, 0.717) is 43.4 Å². The van der Waals surface area contributed by atoms with Gasteiger partial charge in [0, 0.05) is 18.7 Å². The summed E-state index contributed by atoms with van der Waals surface area (Å²) in [5.41, 5.74) is 0.328. The largest absolute Gasteiger partial charge is 0.490 e. The van der Waals surface area contributed by atoms with E-state index >= 15 is 0 Å². The van der Waals surface area contributed by atoms with Gasteiger partial charge in [-0.2, -0.15) is 0 Å². The lowest BCUT2D eigenvalue weighted by atomic mass is 10.2. The summed E-state index contributed by atoms with van der Waals surface area (Å²) in [6.07, 6.45) is 0. The number of hydrogen-bond donors (Lipinski definition) is 1. The van der Waals surface area contributed by atoms with E-state index < -0.39 is 11.9 Å². The highest BCUT2D eigenvalue weighted by atomic mass is 16.5. The average Bonchev–Trinajstić information content (AvgIpc) is 2.67. The molecule has 0 saturated carbocycles. The Kier molecular flexibility index (Phi) is 9.71. The van der Waals surface area contributed by atoms with Gasteiger partial charge in [-0.15, -0.1) is 0 Å². The van der Waals surface area contributed by atoms with Crippen LogP contribution in [0.15, 0.2) is 18.2 Å². The molecule has 0 radical (unpaired) electrons. The first-order valence-corrected chi connectivity index (χ1v) is 9.07. The fourth-order valence-electron chi connectivity index (χ4n) is 2.31. The number of amides is 2. The van der Waals surface area contributed by atoms with Gasteiger partial charge >= 0.3 is 5.97 Å². The molecule has 1 rings (SSSR count). The van der Waals surface area contributed by atoms with Crippen molar-refractivity contribution < 1.29 is 28.6 Å². The van der Waals surface area contributed by atoms with Crippen LogP contribution >= 0.6 is 0 Å². The second-order valence-electron chi connectivity index (χ2n) is 5.44. The van der Waals surface area contributed by atoms with Gasteiger partial charge in [0.15, 0.2) is 18.1 Å². The van der Waals surface area contributed by atoms with E-state index in [1.807, 2.05) is 27.7 Å². The van der Waals surface area contributed by atoms with Crippen molar-refractivity contribution >= 4 is 17.8 Å². The normalized spacial score (nSPS) is 10.1. The van der Waals surface area contributed by atoms with Gasteiger partial charge in [0.25, 0.3) is 11.8 Å². The van der Waals surface area contributed by atoms with Gasteiger partial charge in [-0.25, -0.2) is 0 Å². The van der Waals surface area contributed by atoms with E-state index in [1.165, 1.54) is 0 Å². The average molecular weight is 380 g/mol. The summed E-state index contributed by atoms with van der Waals surface area (Å²) >= 11 is 0. The molecule has 0 bridgehead atoms. The maximum absolute atomic E-state index is 12.2. The molecule has 0 aliphatic carbocycles. The summed E-state index contributed by atoms with van der Waals surface area (Å²) in [5, 5.41) is 2.47. The molecule has 8 heteroatoms. The third-order valence-corrected chi connectivity index (χ3v) is 3.67. The molecule has 27 heavy (non-hydrogen) atoms. The Bertz CT molecular complexity index is 643. The highest BCUT2D eigenvalue weighted by molar-refractivity contribution is 5.96. The van der Waals surface area contributed by atoms with Crippen molar-refractivity contribution in [2.45, 2.75) is 27.7 Å². The Labute approximate surface area is 159 Å². The highest BCUT2D eigenvalue weighted by Gasteiger charge is 2.15. The lowest BCUT2D eigenvalue weighted by molar-refractivity contribution is -0.151. The summed E-state index contributed by atoms with van der Waals surface area (Å²) in [4.78, 5) is 37.3. The van der Waals surface area contributed by atoms with Crippen LogP contribution in [0.25, 0.3) is 0 Å². The van der Waals surface area contributed by atoms with Gasteiger partial charge < -0.3 is 24.4 Å². The second-order valence-corrected chi connectivity index (χ2v) is 5.44. The van der Waals surface area contributed by atoms with E-state index in [-0.39, 0.29) is 19.1 Å². The molecule has 0 aliphatic rings. The van der Waals surface area contributed by atoms with Crippen molar-refractivity contribution in [3.63, 3.8) is 0 Å². The first-order valence-electron chi connectivity index (χ1n) is 9.07. The van der Waals surface area contributed by atoms with Crippen molar-refractivity contribution in [2.24, 2.45) is 0 Å². The summed E-state index contributed by atoms with van der Waals surface area (Å²) in [5.74, 6) is -0.400. The molecule has 1 aromatic rings. The van der Waals surface area contributed by atoms with E-state index in [9.17, 15) is 14.4 Å². The van der Waals surface area contributed by atoms with Gasteiger partial charge in [0.05, 0.1) is 13.2 Å². The highest BCUT2D eigenvalue weighted by Crippen LogP contribution is 2.28. The fourth-order valence-corrected chi connectivity index (χ4v) is 2.31. The Morgan fingerprint density at radius 3 is 2.19 bits per heavy atom. The molecule has 0 spiro atoms. The minimum absolute atomic E-state index is 0.271. The lowest BCUT2D eigenvalue weighted by Crippen LogP contribution is -2.36. The topological polar surface area (TPSA) is 94.2 Å². The molecule has 0 aliphatic heterocycles. The van der Waals surface area contributed by atoms with Crippen molar-refractivity contribution in [1.82, 2.24) is 10.2 Å². The van der Waals surface area contributed by atoms with Gasteiger partial charge in [-0.05, 0) is 45.9 Å². The third-order valence-electron chi connectivity index (χ3n) is 3.67. The van der Waals surface area contributed by atoms with Crippen LogP contribution < -0.4 is 14.8 Å². The summed E-state index contributed by atoms with van der Waals surface area (Å²) in [7, 11) is 0. The monoisotopic (exact) mass is 380 g/mol. The fraction of sp³-hybridized carbons (Fsp3) is 0.526. The van der Waals surface area contributed by atoms with Gasteiger partial charge in [-0.1, -0.05) is 0 Å². The predicted molar refractivity (Wildman–Crippen MR) is 100 cm³/mol. The quantitative estimate of drug-likeness (QED) is 0.587. The maximum Gasteiger partial charge on any atom is 0.325 e. The Balaban J connectivity index is 2.57. The zero-order valence-electron chi connectivity index (χ0n) is 16.4.